The van der Waals surface area contributed by atoms with E-state index in [1.807, 2.05) is 62.4 Å². The number of hydrogen-bond acceptors (Lipinski definition) is 12. The lowest BCUT2D eigenvalue weighted by atomic mass is 10.1. The van der Waals surface area contributed by atoms with E-state index in [-0.39, 0.29) is 0 Å². The van der Waals surface area contributed by atoms with Gasteiger partial charge in [0.15, 0.2) is 11.5 Å². The lowest BCUT2D eigenvalue weighted by Gasteiger charge is -2.13. The largest absolute Gasteiger partial charge is 0.494 e. The molecule has 0 saturated carbocycles. The quantitative estimate of drug-likeness (QED) is 0.0161. The minimum atomic E-state index is -0.506. The third-order valence-electron chi connectivity index (χ3n) is 13.7. The number of esters is 2. The summed E-state index contributed by atoms with van der Waals surface area (Å²) in [4.78, 5) is 26.7. The van der Waals surface area contributed by atoms with Gasteiger partial charge in [-0.2, -0.15) is 10.2 Å². The predicted octanol–water partition coefficient (Wildman–Crippen LogP) is 20.4. The van der Waals surface area contributed by atoms with Crippen LogP contribution >= 0.6 is 0 Å². The highest BCUT2D eigenvalue weighted by atomic mass is 16.5. The molecule has 0 unspecified atom stereocenters. The van der Waals surface area contributed by atoms with Gasteiger partial charge < -0.3 is 28.4 Å². The number of carbonyl (C=O) groups is 2. The van der Waals surface area contributed by atoms with Gasteiger partial charge in [0, 0.05) is 12.1 Å². The number of unbranched alkanes of at least 4 members (excludes halogenated alkanes) is 19. The average Bonchev–Trinajstić information content (AvgIpc) is 3.48. The Hall–Kier alpha value is -7.34. The first kappa shape index (κ1) is 61.9. The molecular formula is C68H86N4O8. The number of aryl methyl sites for hydroxylation is 2. The van der Waals surface area contributed by atoms with Crippen molar-refractivity contribution in [3.8, 4) is 34.5 Å². The smallest absolute Gasteiger partial charge is 0.343 e. The van der Waals surface area contributed by atoms with Crippen LogP contribution in [-0.2, 0) is 0 Å². The van der Waals surface area contributed by atoms with Gasteiger partial charge in [-0.1, -0.05) is 165 Å². The molecule has 0 fully saturated rings. The summed E-state index contributed by atoms with van der Waals surface area (Å²) in [6, 6.07) is 39.7. The Morgan fingerprint density at radius 2 is 0.625 bits per heavy atom. The third kappa shape index (κ3) is 23.9. The Balaban J connectivity index is 1.00. The van der Waals surface area contributed by atoms with Crippen molar-refractivity contribution in [3.63, 3.8) is 0 Å². The molecule has 426 valence electrons. The molecule has 12 heteroatoms. The Morgan fingerprint density at radius 1 is 0.325 bits per heavy atom. The number of azo groups is 2. The Morgan fingerprint density at radius 3 is 0.975 bits per heavy atom. The Labute approximate surface area is 476 Å². The fraction of sp³-hybridized carbons (Fsp3) is 0.441. The molecule has 0 bridgehead atoms. The van der Waals surface area contributed by atoms with E-state index in [1.54, 1.807) is 84.9 Å². The molecular weight excluding hydrogens is 1000 g/mol. The molecule has 0 saturated heterocycles. The van der Waals surface area contributed by atoms with Crippen molar-refractivity contribution < 1.29 is 38.0 Å². The van der Waals surface area contributed by atoms with Crippen LogP contribution in [0.3, 0.4) is 0 Å². The SMILES string of the molecule is CCCCCCCCCCCCOc1ccc(C(=O)Oc2ccc(N=Nc3ccc(C)cc3)c(OCCCCOc3cc(OC(=O)c4ccc(OCCCCCCCCCCCC)cc4)ccc3N=Nc3ccc(C)cc3)c2)cc1. The Bertz CT molecular complexity index is 2570. The highest BCUT2D eigenvalue weighted by Gasteiger charge is 2.15. The normalized spacial score (nSPS) is 11.3. The maximum atomic E-state index is 13.4. The number of rotatable bonds is 39. The number of nitrogens with zero attached hydrogens (tertiary/aromatic N) is 4. The number of hydrogen-bond donors (Lipinski definition) is 0. The van der Waals surface area contributed by atoms with Crippen molar-refractivity contribution in [1.82, 2.24) is 0 Å². The summed E-state index contributed by atoms with van der Waals surface area (Å²) < 4.78 is 36.2. The number of carbonyl (C=O) groups excluding carboxylic acids is 2. The summed E-state index contributed by atoms with van der Waals surface area (Å²) in [5.74, 6) is 1.85. The molecule has 0 spiro atoms. The van der Waals surface area contributed by atoms with E-state index in [0.717, 1.165) is 48.3 Å². The summed E-state index contributed by atoms with van der Waals surface area (Å²) in [7, 11) is 0. The first-order valence-corrected chi connectivity index (χ1v) is 29.7. The van der Waals surface area contributed by atoms with E-state index in [0.29, 0.717) is 96.1 Å². The number of ether oxygens (including phenoxy) is 6. The van der Waals surface area contributed by atoms with E-state index in [4.69, 9.17) is 28.4 Å². The van der Waals surface area contributed by atoms with Crippen LogP contribution in [0.1, 0.15) is 187 Å². The molecule has 0 aliphatic rings. The van der Waals surface area contributed by atoms with Gasteiger partial charge in [-0.3, -0.25) is 0 Å². The van der Waals surface area contributed by atoms with Crippen LogP contribution in [0.2, 0.25) is 0 Å². The first-order chi connectivity index (χ1) is 39.3. The standard InChI is InChI=1S/C68H86N4O8/c1-5-7-9-11-13-15-17-19-21-23-47-75-59-39-31-55(32-40-59)67(73)79-61-43-45-63(71-69-57-35-27-53(3)28-36-57)65(51-61)77-49-25-26-50-78-66-52-62(44-46-64(66)72-70-58-37-29-54(4)30-38-58)80-68(74)56-33-41-60(42-34-56)76-48-24-22-20-18-16-14-12-10-8-6-2/h27-46,51-52H,5-26,47-50H2,1-4H3. The number of benzene rings is 6. The monoisotopic (exact) mass is 1090 g/mol. The zero-order valence-electron chi connectivity index (χ0n) is 48.1. The second-order valence-corrected chi connectivity index (χ2v) is 20.6. The van der Waals surface area contributed by atoms with Crippen LogP contribution < -0.4 is 28.4 Å². The molecule has 0 N–H and O–H groups in total. The molecule has 6 rings (SSSR count). The van der Waals surface area contributed by atoms with Crippen molar-refractivity contribution in [1.29, 1.82) is 0 Å². The van der Waals surface area contributed by atoms with E-state index < -0.39 is 11.9 Å². The fourth-order valence-corrected chi connectivity index (χ4v) is 8.79. The minimum absolute atomic E-state index is 0.301. The molecule has 0 aliphatic heterocycles. The van der Waals surface area contributed by atoms with Gasteiger partial charge in [-0.25, -0.2) is 9.59 Å². The zero-order valence-corrected chi connectivity index (χ0v) is 48.1. The molecule has 6 aromatic rings. The minimum Gasteiger partial charge on any atom is -0.494 e. The highest BCUT2D eigenvalue weighted by molar-refractivity contribution is 5.92. The van der Waals surface area contributed by atoms with Crippen LogP contribution in [0.25, 0.3) is 0 Å². The van der Waals surface area contributed by atoms with Crippen LogP contribution in [-0.4, -0.2) is 38.4 Å². The van der Waals surface area contributed by atoms with Gasteiger partial charge in [-0.05, 0) is 137 Å². The molecule has 12 nitrogen and oxygen atoms in total. The molecule has 0 aliphatic carbocycles. The second kappa shape index (κ2) is 36.8. The van der Waals surface area contributed by atoms with Crippen molar-refractivity contribution in [2.75, 3.05) is 26.4 Å². The van der Waals surface area contributed by atoms with Crippen molar-refractivity contribution in [3.05, 3.63) is 156 Å². The molecule has 80 heavy (non-hydrogen) atoms. The molecule has 0 radical (unpaired) electrons. The Kier molecular flexibility index (Phi) is 28.4. The van der Waals surface area contributed by atoms with Crippen LogP contribution in [0.4, 0.5) is 22.7 Å². The lowest BCUT2D eigenvalue weighted by molar-refractivity contribution is 0.0724. The zero-order chi connectivity index (χ0) is 56.2. The van der Waals surface area contributed by atoms with Crippen LogP contribution in [0, 0.1) is 13.8 Å². The maximum Gasteiger partial charge on any atom is 0.343 e. The van der Waals surface area contributed by atoms with Crippen molar-refractivity contribution in [2.45, 2.75) is 169 Å². The molecule has 0 atom stereocenters. The highest BCUT2D eigenvalue weighted by Crippen LogP contribution is 2.36. The maximum absolute atomic E-state index is 13.4. The van der Waals surface area contributed by atoms with Gasteiger partial charge >= 0.3 is 11.9 Å². The predicted molar refractivity (Wildman–Crippen MR) is 321 cm³/mol. The summed E-state index contributed by atoms with van der Waals surface area (Å²) in [6.45, 7) is 10.4. The van der Waals surface area contributed by atoms with E-state index in [1.165, 1.54) is 103 Å². The van der Waals surface area contributed by atoms with Crippen molar-refractivity contribution >= 4 is 34.7 Å². The second-order valence-electron chi connectivity index (χ2n) is 20.6. The van der Waals surface area contributed by atoms with Gasteiger partial charge in [0.1, 0.15) is 34.4 Å². The molecule has 0 heterocycles. The first-order valence-electron chi connectivity index (χ1n) is 29.7. The van der Waals surface area contributed by atoms with Gasteiger partial charge in [0.05, 0.1) is 48.9 Å². The van der Waals surface area contributed by atoms with E-state index in [9.17, 15) is 9.59 Å². The lowest BCUT2D eigenvalue weighted by Crippen LogP contribution is -2.09. The average molecular weight is 1090 g/mol. The van der Waals surface area contributed by atoms with Gasteiger partial charge in [0.2, 0.25) is 0 Å². The third-order valence-corrected chi connectivity index (χ3v) is 13.7. The van der Waals surface area contributed by atoms with Gasteiger partial charge in [0.25, 0.3) is 0 Å². The fourth-order valence-electron chi connectivity index (χ4n) is 8.79. The summed E-state index contributed by atoms with van der Waals surface area (Å²) >= 11 is 0. The summed E-state index contributed by atoms with van der Waals surface area (Å²) in [5, 5.41) is 17.9. The molecule has 0 amide bonds. The van der Waals surface area contributed by atoms with Crippen LogP contribution in [0.5, 0.6) is 34.5 Å². The van der Waals surface area contributed by atoms with Gasteiger partial charge in [-0.15, -0.1) is 10.2 Å². The molecule has 0 aromatic heterocycles. The van der Waals surface area contributed by atoms with E-state index >= 15 is 0 Å². The summed E-state index contributed by atoms with van der Waals surface area (Å²) in [6.07, 6.45) is 26.5. The topological polar surface area (TPSA) is 139 Å². The molecule has 6 aromatic carbocycles. The van der Waals surface area contributed by atoms with Crippen molar-refractivity contribution in [2.24, 2.45) is 20.5 Å². The van der Waals surface area contributed by atoms with E-state index in [2.05, 4.69) is 34.3 Å². The van der Waals surface area contributed by atoms with Crippen LogP contribution in [0.15, 0.2) is 154 Å². The summed E-state index contributed by atoms with van der Waals surface area (Å²) in [5.41, 5.74) is 5.36.